The molecular formula is C10H12ClN3O2S. The molecule has 0 saturated carbocycles. The number of nitriles is 1. The molecular weight excluding hydrogens is 262 g/mol. The summed E-state index contributed by atoms with van der Waals surface area (Å²) in [7, 11) is -3.61. The molecule has 17 heavy (non-hydrogen) atoms. The molecule has 92 valence electrons. The lowest BCUT2D eigenvalue weighted by molar-refractivity contribution is 0.586. The third-order valence-electron chi connectivity index (χ3n) is 1.88. The average molecular weight is 274 g/mol. The van der Waals surface area contributed by atoms with Gasteiger partial charge < -0.3 is 0 Å². The van der Waals surface area contributed by atoms with Crippen molar-refractivity contribution in [1.82, 2.24) is 4.72 Å². The molecule has 2 N–H and O–H groups in total. The van der Waals surface area contributed by atoms with Crippen LogP contribution in [0.25, 0.3) is 0 Å². The first-order valence-electron chi connectivity index (χ1n) is 4.95. The molecule has 0 aliphatic rings. The van der Waals surface area contributed by atoms with Crippen LogP contribution >= 0.6 is 11.6 Å². The summed E-state index contributed by atoms with van der Waals surface area (Å²) in [6.45, 7) is 2.21. The summed E-state index contributed by atoms with van der Waals surface area (Å²) >= 11 is 5.84. The van der Waals surface area contributed by atoms with Crippen molar-refractivity contribution in [3.8, 4) is 6.07 Å². The highest BCUT2D eigenvalue weighted by Crippen LogP contribution is 2.23. The number of rotatable bonds is 5. The Morgan fingerprint density at radius 3 is 2.71 bits per heavy atom. The van der Waals surface area contributed by atoms with Gasteiger partial charge >= 0.3 is 0 Å². The monoisotopic (exact) mass is 273 g/mol. The van der Waals surface area contributed by atoms with Crippen LogP contribution in [0.5, 0.6) is 0 Å². The number of hydrogen-bond donors (Lipinski definition) is 2. The van der Waals surface area contributed by atoms with E-state index in [4.69, 9.17) is 16.9 Å². The molecule has 7 heteroatoms. The topological polar surface area (TPSA) is 82.0 Å². The molecule has 0 fully saturated rings. The Kier molecular flexibility index (Phi) is 4.75. The SMILES string of the molecule is CCCNS(=O)(=O)Nc1ccc(C#N)cc1Cl. The van der Waals surface area contributed by atoms with Crippen molar-refractivity contribution in [2.45, 2.75) is 13.3 Å². The molecule has 0 aromatic heterocycles. The zero-order chi connectivity index (χ0) is 12.9. The molecule has 0 aliphatic carbocycles. The fraction of sp³-hybridized carbons (Fsp3) is 0.300. The van der Waals surface area contributed by atoms with E-state index in [2.05, 4.69) is 9.44 Å². The summed E-state index contributed by atoms with van der Waals surface area (Å²) in [5.74, 6) is 0. The Bertz CT molecular complexity index is 537. The van der Waals surface area contributed by atoms with Crippen LogP contribution in [0, 0.1) is 11.3 Å². The number of halogens is 1. The normalized spacial score (nSPS) is 10.9. The van der Waals surface area contributed by atoms with E-state index in [1.165, 1.54) is 18.2 Å². The van der Waals surface area contributed by atoms with Crippen LogP contribution in [0.2, 0.25) is 5.02 Å². The van der Waals surface area contributed by atoms with Crippen LogP contribution in [0.15, 0.2) is 18.2 Å². The molecule has 0 radical (unpaired) electrons. The predicted molar refractivity (Wildman–Crippen MR) is 67.0 cm³/mol. The number of benzene rings is 1. The quantitative estimate of drug-likeness (QED) is 0.859. The van der Waals surface area contributed by atoms with Crippen LogP contribution in [0.1, 0.15) is 18.9 Å². The molecule has 1 aromatic carbocycles. The van der Waals surface area contributed by atoms with Crippen LogP contribution in [0.4, 0.5) is 5.69 Å². The smallest absolute Gasteiger partial charge is 0.270 e. The fourth-order valence-corrected chi connectivity index (χ4v) is 2.38. The third-order valence-corrected chi connectivity index (χ3v) is 3.27. The second-order valence-corrected chi connectivity index (χ2v) is 5.21. The first-order chi connectivity index (χ1) is 7.98. The Morgan fingerprint density at radius 2 is 2.18 bits per heavy atom. The summed E-state index contributed by atoms with van der Waals surface area (Å²) < 4.78 is 27.7. The van der Waals surface area contributed by atoms with Crippen molar-refractivity contribution in [1.29, 1.82) is 5.26 Å². The van der Waals surface area contributed by atoms with E-state index < -0.39 is 10.2 Å². The highest BCUT2D eigenvalue weighted by Gasteiger charge is 2.11. The molecule has 5 nitrogen and oxygen atoms in total. The first kappa shape index (κ1) is 13.8. The summed E-state index contributed by atoms with van der Waals surface area (Å²) in [5.41, 5.74) is 0.619. The van der Waals surface area contributed by atoms with Crippen LogP contribution < -0.4 is 9.44 Å². The third kappa shape index (κ3) is 4.23. The lowest BCUT2D eigenvalue weighted by Crippen LogP contribution is -2.30. The molecule has 1 aromatic rings. The Morgan fingerprint density at radius 1 is 1.47 bits per heavy atom. The average Bonchev–Trinajstić information content (AvgIpc) is 2.29. The molecule has 1 rings (SSSR count). The molecule has 0 heterocycles. The Hall–Kier alpha value is -1.29. The van der Waals surface area contributed by atoms with Gasteiger partial charge in [0.25, 0.3) is 10.2 Å². The minimum absolute atomic E-state index is 0.186. The zero-order valence-corrected chi connectivity index (χ0v) is 10.8. The number of nitrogens with one attached hydrogen (secondary N) is 2. The zero-order valence-electron chi connectivity index (χ0n) is 9.20. The summed E-state index contributed by atoms with van der Waals surface area (Å²) in [6.07, 6.45) is 0.696. The first-order valence-corrected chi connectivity index (χ1v) is 6.81. The van der Waals surface area contributed by atoms with Crippen LogP contribution in [0.3, 0.4) is 0 Å². The summed E-state index contributed by atoms with van der Waals surface area (Å²) in [5, 5.41) is 8.83. The van der Waals surface area contributed by atoms with Gasteiger partial charge in [0.1, 0.15) is 0 Å². The highest BCUT2D eigenvalue weighted by atomic mass is 35.5. The highest BCUT2D eigenvalue weighted by molar-refractivity contribution is 7.90. The second kappa shape index (κ2) is 5.87. The van der Waals surface area contributed by atoms with E-state index in [1.54, 1.807) is 0 Å². The maximum Gasteiger partial charge on any atom is 0.299 e. The van der Waals surface area contributed by atoms with Gasteiger partial charge in [0.15, 0.2) is 0 Å². The van der Waals surface area contributed by atoms with Gasteiger partial charge in [-0.15, -0.1) is 0 Å². The van der Waals surface area contributed by atoms with Crippen LogP contribution in [-0.2, 0) is 10.2 Å². The molecule has 0 aliphatic heterocycles. The van der Waals surface area contributed by atoms with E-state index in [1.807, 2.05) is 13.0 Å². The van der Waals surface area contributed by atoms with Crippen molar-refractivity contribution in [3.63, 3.8) is 0 Å². The van der Waals surface area contributed by atoms with Crippen molar-refractivity contribution in [2.24, 2.45) is 0 Å². The standard InChI is InChI=1S/C10H12ClN3O2S/c1-2-5-13-17(15,16)14-10-4-3-8(7-12)6-9(10)11/h3-4,6,13-14H,2,5H2,1H3. The fourth-order valence-electron chi connectivity index (χ4n) is 1.08. The molecule has 0 saturated heterocycles. The van der Waals surface area contributed by atoms with Gasteiger partial charge in [-0.25, -0.2) is 0 Å². The lowest BCUT2D eigenvalue weighted by Gasteiger charge is -2.09. The van der Waals surface area contributed by atoms with Crippen LogP contribution in [-0.4, -0.2) is 15.0 Å². The van der Waals surface area contributed by atoms with Gasteiger partial charge in [-0.2, -0.15) is 18.4 Å². The second-order valence-electron chi connectivity index (χ2n) is 3.31. The van der Waals surface area contributed by atoms with E-state index in [9.17, 15) is 8.42 Å². The predicted octanol–water partition coefficient (Wildman–Crippen LogP) is 1.87. The van der Waals surface area contributed by atoms with Crippen molar-refractivity contribution >= 4 is 27.5 Å². The number of anilines is 1. The lowest BCUT2D eigenvalue weighted by atomic mass is 10.2. The summed E-state index contributed by atoms with van der Waals surface area (Å²) in [4.78, 5) is 0. The molecule has 0 unspecified atom stereocenters. The van der Waals surface area contributed by atoms with E-state index >= 15 is 0 Å². The van der Waals surface area contributed by atoms with Crippen molar-refractivity contribution < 1.29 is 8.42 Å². The minimum atomic E-state index is -3.61. The van der Waals surface area contributed by atoms with Crippen molar-refractivity contribution in [3.05, 3.63) is 28.8 Å². The largest absolute Gasteiger partial charge is 0.299 e. The molecule has 0 bridgehead atoms. The van der Waals surface area contributed by atoms with Gasteiger partial charge in [-0.1, -0.05) is 18.5 Å². The minimum Gasteiger partial charge on any atom is -0.270 e. The maximum atomic E-state index is 11.5. The van der Waals surface area contributed by atoms with E-state index in [0.29, 0.717) is 18.5 Å². The molecule has 0 amide bonds. The van der Waals surface area contributed by atoms with E-state index in [0.717, 1.165) is 0 Å². The Balaban J connectivity index is 2.86. The van der Waals surface area contributed by atoms with Gasteiger partial charge in [-0.05, 0) is 24.6 Å². The van der Waals surface area contributed by atoms with E-state index in [-0.39, 0.29) is 10.7 Å². The Labute approximate surface area is 106 Å². The van der Waals surface area contributed by atoms with Gasteiger partial charge in [0.2, 0.25) is 0 Å². The summed E-state index contributed by atoms with van der Waals surface area (Å²) in [6, 6.07) is 6.26. The maximum absolute atomic E-state index is 11.5. The number of hydrogen-bond acceptors (Lipinski definition) is 3. The molecule has 0 atom stereocenters. The molecule has 0 spiro atoms. The van der Waals surface area contributed by atoms with Crippen molar-refractivity contribution in [2.75, 3.05) is 11.3 Å². The van der Waals surface area contributed by atoms with Gasteiger partial charge in [-0.3, -0.25) is 4.72 Å². The number of nitrogens with zero attached hydrogens (tertiary/aromatic N) is 1. The van der Waals surface area contributed by atoms with Gasteiger partial charge in [0.05, 0.1) is 22.3 Å². The van der Waals surface area contributed by atoms with Gasteiger partial charge in [0, 0.05) is 6.54 Å².